The van der Waals surface area contributed by atoms with Crippen molar-refractivity contribution >= 4 is 34.5 Å². The summed E-state index contributed by atoms with van der Waals surface area (Å²) in [6.07, 6.45) is -3.07. The van der Waals surface area contributed by atoms with Crippen LogP contribution in [0.1, 0.15) is 15.4 Å². The van der Waals surface area contributed by atoms with Crippen LogP contribution in [0.15, 0.2) is 29.8 Å². The van der Waals surface area contributed by atoms with Gasteiger partial charge in [0.05, 0.1) is 16.3 Å². The normalized spacial score (nSPS) is 11.4. The molecule has 19 heavy (non-hydrogen) atoms. The van der Waals surface area contributed by atoms with Crippen molar-refractivity contribution in [1.82, 2.24) is 4.98 Å². The Morgan fingerprint density at radius 2 is 2.11 bits per heavy atom. The number of aromatic nitrogens is 1. The fraction of sp³-hybridized carbons (Fsp3) is 0.0909. The standard InChI is InChI=1S/C11H6ClF3N2OS/c12-7-2-1-6(11(13,14)15)5-8(7)17-9(18)10-16-3-4-19-10/h1-5H,(H,17,18). The van der Waals surface area contributed by atoms with Crippen molar-refractivity contribution in [3.05, 3.63) is 45.4 Å². The van der Waals surface area contributed by atoms with Gasteiger partial charge in [-0.3, -0.25) is 4.79 Å². The Bertz CT molecular complexity index is 598. The van der Waals surface area contributed by atoms with Gasteiger partial charge in [0.25, 0.3) is 5.91 Å². The fourth-order valence-electron chi connectivity index (χ4n) is 1.31. The van der Waals surface area contributed by atoms with Gasteiger partial charge in [0.2, 0.25) is 0 Å². The largest absolute Gasteiger partial charge is 0.416 e. The van der Waals surface area contributed by atoms with Gasteiger partial charge in [0.1, 0.15) is 0 Å². The second-order valence-electron chi connectivity index (χ2n) is 3.48. The zero-order chi connectivity index (χ0) is 14.0. The number of rotatable bonds is 2. The number of nitrogens with zero attached hydrogens (tertiary/aromatic N) is 1. The van der Waals surface area contributed by atoms with Gasteiger partial charge in [-0.25, -0.2) is 4.98 Å². The van der Waals surface area contributed by atoms with Crippen LogP contribution in [0.3, 0.4) is 0 Å². The molecule has 8 heteroatoms. The average Bonchev–Trinajstić information content (AvgIpc) is 2.84. The van der Waals surface area contributed by atoms with Gasteiger partial charge in [0.15, 0.2) is 5.01 Å². The maximum atomic E-state index is 12.5. The van der Waals surface area contributed by atoms with Gasteiger partial charge in [0, 0.05) is 11.6 Å². The Balaban J connectivity index is 2.27. The molecule has 0 saturated heterocycles. The molecule has 0 atom stereocenters. The summed E-state index contributed by atoms with van der Waals surface area (Å²) in [5.41, 5.74) is -0.983. The Labute approximate surface area is 115 Å². The van der Waals surface area contributed by atoms with Crippen LogP contribution in [0.25, 0.3) is 0 Å². The van der Waals surface area contributed by atoms with Gasteiger partial charge in [-0.15, -0.1) is 11.3 Å². The molecule has 0 bridgehead atoms. The van der Waals surface area contributed by atoms with E-state index in [0.29, 0.717) is 0 Å². The SMILES string of the molecule is O=C(Nc1cc(C(F)(F)F)ccc1Cl)c1nccs1. The number of benzene rings is 1. The van der Waals surface area contributed by atoms with E-state index in [1.54, 1.807) is 5.38 Å². The van der Waals surface area contributed by atoms with E-state index in [2.05, 4.69) is 10.3 Å². The average molecular weight is 307 g/mol. The topological polar surface area (TPSA) is 42.0 Å². The first kappa shape index (κ1) is 13.8. The van der Waals surface area contributed by atoms with Crippen LogP contribution < -0.4 is 5.32 Å². The van der Waals surface area contributed by atoms with Gasteiger partial charge < -0.3 is 5.32 Å². The number of thiazole rings is 1. The lowest BCUT2D eigenvalue weighted by Gasteiger charge is -2.10. The van der Waals surface area contributed by atoms with E-state index in [4.69, 9.17) is 11.6 Å². The van der Waals surface area contributed by atoms with Crippen LogP contribution in [0.5, 0.6) is 0 Å². The van der Waals surface area contributed by atoms with Crippen molar-refractivity contribution in [3.8, 4) is 0 Å². The van der Waals surface area contributed by atoms with Gasteiger partial charge in [-0.05, 0) is 18.2 Å². The number of hydrogen-bond acceptors (Lipinski definition) is 3. The highest BCUT2D eigenvalue weighted by atomic mass is 35.5. The lowest BCUT2D eigenvalue weighted by Crippen LogP contribution is -2.13. The molecule has 0 fully saturated rings. The second kappa shape index (κ2) is 5.18. The van der Waals surface area contributed by atoms with Gasteiger partial charge >= 0.3 is 6.18 Å². The highest BCUT2D eigenvalue weighted by molar-refractivity contribution is 7.11. The first-order valence-corrected chi connectivity index (χ1v) is 6.21. The summed E-state index contributed by atoms with van der Waals surface area (Å²) in [5.74, 6) is -0.601. The van der Waals surface area contributed by atoms with Crippen LogP contribution in [0.2, 0.25) is 5.02 Å². The number of amides is 1. The fourth-order valence-corrected chi connectivity index (χ4v) is 2.00. The molecule has 1 amide bonds. The molecule has 2 rings (SSSR count). The molecule has 0 aliphatic rings. The summed E-state index contributed by atoms with van der Waals surface area (Å²) < 4.78 is 37.6. The van der Waals surface area contributed by atoms with Crippen LogP contribution in [-0.2, 0) is 6.18 Å². The molecule has 0 radical (unpaired) electrons. The molecule has 1 aromatic carbocycles. The number of anilines is 1. The van der Waals surface area contributed by atoms with Gasteiger partial charge in [-0.1, -0.05) is 11.6 Å². The Kier molecular flexibility index (Phi) is 3.77. The first-order chi connectivity index (χ1) is 8.88. The van der Waals surface area contributed by atoms with Crippen LogP contribution in [-0.4, -0.2) is 10.9 Å². The molecule has 0 aliphatic heterocycles. The lowest BCUT2D eigenvalue weighted by atomic mass is 10.2. The number of hydrogen-bond donors (Lipinski definition) is 1. The van der Waals surface area contributed by atoms with Gasteiger partial charge in [-0.2, -0.15) is 13.2 Å². The van der Waals surface area contributed by atoms with E-state index in [1.807, 2.05) is 0 Å². The molecular weight excluding hydrogens is 301 g/mol. The molecule has 2 aromatic rings. The highest BCUT2D eigenvalue weighted by Crippen LogP contribution is 2.33. The number of halogens is 4. The smallest absolute Gasteiger partial charge is 0.319 e. The number of alkyl halides is 3. The minimum atomic E-state index is -4.49. The van der Waals surface area contributed by atoms with Crippen molar-refractivity contribution in [2.24, 2.45) is 0 Å². The van der Waals surface area contributed by atoms with Crippen LogP contribution in [0.4, 0.5) is 18.9 Å². The minimum absolute atomic E-state index is 0.0258. The van der Waals surface area contributed by atoms with Crippen LogP contribution in [0, 0.1) is 0 Å². The summed E-state index contributed by atoms with van der Waals surface area (Å²) in [6, 6.07) is 2.72. The van der Waals surface area contributed by atoms with Crippen molar-refractivity contribution < 1.29 is 18.0 Å². The summed E-state index contributed by atoms with van der Waals surface area (Å²) >= 11 is 6.83. The number of carbonyl (C=O) groups is 1. The highest BCUT2D eigenvalue weighted by Gasteiger charge is 2.31. The molecular formula is C11H6ClF3N2OS. The number of nitrogens with one attached hydrogen (secondary N) is 1. The van der Waals surface area contributed by atoms with Crippen molar-refractivity contribution in [1.29, 1.82) is 0 Å². The van der Waals surface area contributed by atoms with E-state index in [9.17, 15) is 18.0 Å². The van der Waals surface area contributed by atoms with Crippen molar-refractivity contribution in [3.63, 3.8) is 0 Å². The molecule has 0 unspecified atom stereocenters. The minimum Gasteiger partial charge on any atom is -0.319 e. The second-order valence-corrected chi connectivity index (χ2v) is 4.79. The quantitative estimate of drug-likeness (QED) is 0.909. The van der Waals surface area contributed by atoms with E-state index < -0.39 is 17.6 Å². The number of carbonyl (C=O) groups excluding carboxylic acids is 1. The zero-order valence-corrected chi connectivity index (χ0v) is 10.7. The zero-order valence-electron chi connectivity index (χ0n) is 9.16. The predicted octanol–water partition coefficient (Wildman–Crippen LogP) is 4.07. The summed E-state index contributed by atoms with van der Waals surface area (Å²) in [4.78, 5) is 15.4. The maximum absolute atomic E-state index is 12.5. The maximum Gasteiger partial charge on any atom is 0.416 e. The summed E-state index contributed by atoms with van der Waals surface area (Å²) in [6.45, 7) is 0. The third-order valence-electron chi connectivity index (χ3n) is 2.17. The van der Waals surface area contributed by atoms with E-state index >= 15 is 0 Å². The molecule has 1 aromatic heterocycles. The Hall–Kier alpha value is -1.60. The van der Waals surface area contributed by atoms with E-state index in [1.165, 1.54) is 6.20 Å². The van der Waals surface area contributed by atoms with Crippen molar-refractivity contribution in [2.45, 2.75) is 6.18 Å². The third kappa shape index (κ3) is 3.24. The molecule has 100 valence electrons. The molecule has 3 nitrogen and oxygen atoms in total. The lowest BCUT2D eigenvalue weighted by molar-refractivity contribution is -0.137. The Morgan fingerprint density at radius 3 is 2.68 bits per heavy atom. The third-order valence-corrected chi connectivity index (χ3v) is 3.27. The van der Waals surface area contributed by atoms with Crippen LogP contribution >= 0.6 is 22.9 Å². The predicted molar refractivity (Wildman–Crippen MR) is 66.5 cm³/mol. The molecule has 0 saturated carbocycles. The summed E-state index contributed by atoms with van der Waals surface area (Å²) in [7, 11) is 0. The summed E-state index contributed by atoms with van der Waals surface area (Å²) in [5, 5.41) is 4.06. The van der Waals surface area contributed by atoms with E-state index in [-0.39, 0.29) is 15.7 Å². The molecule has 0 aliphatic carbocycles. The molecule has 0 spiro atoms. The molecule has 1 heterocycles. The monoisotopic (exact) mass is 306 g/mol. The molecule has 1 N–H and O–H groups in total. The first-order valence-electron chi connectivity index (χ1n) is 4.95. The van der Waals surface area contributed by atoms with E-state index in [0.717, 1.165) is 29.5 Å². The Morgan fingerprint density at radius 1 is 1.37 bits per heavy atom. The van der Waals surface area contributed by atoms with Crippen molar-refractivity contribution in [2.75, 3.05) is 5.32 Å².